The molecule has 0 aliphatic rings. The van der Waals surface area contributed by atoms with E-state index in [-0.39, 0.29) is 0 Å². The van der Waals surface area contributed by atoms with Crippen LogP contribution in [0.4, 0.5) is 0 Å². The van der Waals surface area contributed by atoms with Gasteiger partial charge < -0.3 is 15.9 Å². The first kappa shape index (κ1) is 11.9. The Morgan fingerprint density at radius 3 is 2.60 bits per heavy atom. The smallest absolute Gasteiger partial charge is 0.105 e. The van der Waals surface area contributed by atoms with Crippen LogP contribution in [-0.4, -0.2) is 22.9 Å². The average Bonchev–Trinajstić information content (AvgIpc) is 2.28. The molecule has 0 saturated heterocycles. The van der Waals surface area contributed by atoms with E-state index in [2.05, 4.69) is 6.58 Å². The molecule has 1 rings (SSSR count). The zero-order valence-electron chi connectivity index (χ0n) is 8.63. The zero-order valence-corrected chi connectivity index (χ0v) is 8.63. The van der Waals surface area contributed by atoms with E-state index in [4.69, 9.17) is 5.73 Å². The van der Waals surface area contributed by atoms with Crippen LogP contribution in [0.25, 0.3) is 6.08 Å². The fourth-order valence-electron chi connectivity index (χ4n) is 1.50. The Kier molecular flexibility index (Phi) is 4.49. The van der Waals surface area contributed by atoms with Gasteiger partial charge in [0.2, 0.25) is 0 Å². The van der Waals surface area contributed by atoms with Gasteiger partial charge in [-0.15, -0.1) is 0 Å². The number of benzene rings is 1. The van der Waals surface area contributed by atoms with E-state index in [1.807, 2.05) is 18.2 Å². The van der Waals surface area contributed by atoms with Crippen molar-refractivity contribution >= 4 is 6.08 Å². The third-order valence-corrected chi connectivity index (χ3v) is 2.36. The maximum atomic E-state index is 9.88. The van der Waals surface area contributed by atoms with Crippen LogP contribution in [0.1, 0.15) is 23.7 Å². The molecular formula is C12H17NO2. The highest BCUT2D eigenvalue weighted by Crippen LogP contribution is 2.23. The van der Waals surface area contributed by atoms with E-state index in [1.165, 1.54) is 0 Å². The van der Waals surface area contributed by atoms with Crippen molar-refractivity contribution in [3.63, 3.8) is 0 Å². The lowest BCUT2D eigenvalue weighted by Crippen LogP contribution is -2.22. The molecule has 2 atom stereocenters. The minimum Gasteiger partial charge on any atom is -0.390 e. The van der Waals surface area contributed by atoms with Crippen LogP contribution >= 0.6 is 0 Å². The largest absolute Gasteiger partial charge is 0.390 e. The molecule has 0 heterocycles. The van der Waals surface area contributed by atoms with Crippen molar-refractivity contribution in [2.24, 2.45) is 5.73 Å². The first-order valence-corrected chi connectivity index (χ1v) is 4.98. The van der Waals surface area contributed by atoms with Crippen molar-refractivity contribution in [3.05, 3.63) is 42.0 Å². The maximum absolute atomic E-state index is 9.88. The molecule has 0 saturated carbocycles. The number of hydrogen-bond donors (Lipinski definition) is 3. The summed E-state index contributed by atoms with van der Waals surface area (Å²) < 4.78 is 0. The summed E-state index contributed by atoms with van der Waals surface area (Å²) in [7, 11) is 0. The highest BCUT2D eigenvalue weighted by atomic mass is 16.3. The first-order valence-electron chi connectivity index (χ1n) is 4.98. The topological polar surface area (TPSA) is 66.5 Å². The van der Waals surface area contributed by atoms with Gasteiger partial charge in [-0.3, -0.25) is 0 Å². The summed E-state index contributed by atoms with van der Waals surface area (Å²) in [6, 6.07) is 7.31. The van der Waals surface area contributed by atoms with E-state index in [0.29, 0.717) is 18.5 Å². The normalized spacial score (nSPS) is 14.6. The number of nitrogens with two attached hydrogens (primary N) is 1. The minimum absolute atomic E-state index is 0.356. The summed E-state index contributed by atoms with van der Waals surface area (Å²) in [6.07, 6.45) is 0.319. The molecule has 3 nitrogen and oxygen atoms in total. The molecule has 0 radical (unpaired) electrons. The molecule has 15 heavy (non-hydrogen) atoms. The predicted octanol–water partition coefficient (Wildman–Crippen LogP) is 1.07. The van der Waals surface area contributed by atoms with E-state index >= 15 is 0 Å². The highest BCUT2D eigenvalue weighted by molar-refractivity contribution is 5.52. The molecule has 0 spiro atoms. The van der Waals surface area contributed by atoms with Crippen molar-refractivity contribution in [1.82, 2.24) is 0 Å². The SMILES string of the molecule is C=Cc1ccccc1C(O)C(O)CCN. The second kappa shape index (κ2) is 5.66. The fourth-order valence-corrected chi connectivity index (χ4v) is 1.50. The van der Waals surface area contributed by atoms with Crippen LogP contribution in [0.3, 0.4) is 0 Å². The van der Waals surface area contributed by atoms with Gasteiger partial charge in [-0.2, -0.15) is 0 Å². The summed E-state index contributed by atoms with van der Waals surface area (Å²) in [5.74, 6) is 0. The Balaban J connectivity index is 2.89. The van der Waals surface area contributed by atoms with Crippen LogP contribution in [0, 0.1) is 0 Å². The Morgan fingerprint density at radius 2 is 2.00 bits per heavy atom. The van der Waals surface area contributed by atoms with Crippen molar-refractivity contribution in [3.8, 4) is 0 Å². The highest BCUT2D eigenvalue weighted by Gasteiger charge is 2.18. The van der Waals surface area contributed by atoms with E-state index in [0.717, 1.165) is 5.56 Å². The molecule has 1 aromatic carbocycles. The molecule has 0 bridgehead atoms. The Hall–Kier alpha value is -1.16. The van der Waals surface area contributed by atoms with E-state index in [1.54, 1.807) is 12.1 Å². The standard InChI is InChI=1S/C12H17NO2/c1-2-9-5-3-4-6-10(9)12(15)11(14)7-8-13/h2-6,11-12,14-15H,1,7-8,13H2. The van der Waals surface area contributed by atoms with E-state index in [9.17, 15) is 10.2 Å². The quantitative estimate of drug-likeness (QED) is 0.676. The Labute approximate surface area is 89.9 Å². The lowest BCUT2D eigenvalue weighted by molar-refractivity contribution is 0.0149. The lowest BCUT2D eigenvalue weighted by Gasteiger charge is -2.19. The van der Waals surface area contributed by atoms with Gasteiger partial charge in [-0.05, 0) is 24.1 Å². The van der Waals surface area contributed by atoms with Gasteiger partial charge in [0.15, 0.2) is 0 Å². The Morgan fingerprint density at radius 1 is 1.33 bits per heavy atom. The fraction of sp³-hybridized carbons (Fsp3) is 0.333. The number of rotatable bonds is 5. The summed E-state index contributed by atoms with van der Waals surface area (Å²) >= 11 is 0. The molecule has 0 aromatic heterocycles. The third-order valence-electron chi connectivity index (χ3n) is 2.36. The van der Waals surface area contributed by atoms with Crippen LogP contribution in [-0.2, 0) is 0 Å². The van der Waals surface area contributed by atoms with Crippen molar-refractivity contribution in [2.45, 2.75) is 18.6 Å². The monoisotopic (exact) mass is 207 g/mol. The van der Waals surface area contributed by atoms with Crippen LogP contribution < -0.4 is 5.73 Å². The number of aliphatic hydroxyl groups excluding tert-OH is 2. The molecule has 82 valence electrons. The summed E-state index contributed by atoms with van der Waals surface area (Å²) in [4.78, 5) is 0. The second-order valence-corrected chi connectivity index (χ2v) is 3.42. The third kappa shape index (κ3) is 2.89. The molecule has 0 aliphatic carbocycles. The molecule has 4 N–H and O–H groups in total. The molecule has 1 aromatic rings. The minimum atomic E-state index is -0.900. The molecule has 0 aliphatic heterocycles. The van der Waals surface area contributed by atoms with Gasteiger partial charge in [0.05, 0.1) is 6.10 Å². The molecule has 3 heteroatoms. The first-order chi connectivity index (χ1) is 7.20. The van der Waals surface area contributed by atoms with Gasteiger partial charge in [0.25, 0.3) is 0 Å². The molecule has 0 amide bonds. The summed E-state index contributed by atoms with van der Waals surface area (Å²) in [5.41, 5.74) is 6.85. The maximum Gasteiger partial charge on any atom is 0.105 e. The lowest BCUT2D eigenvalue weighted by atomic mass is 9.97. The van der Waals surface area contributed by atoms with Crippen molar-refractivity contribution < 1.29 is 10.2 Å². The van der Waals surface area contributed by atoms with Crippen molar-refractivity contribution in [1.29, 1.82) is 0 Å². The van der Waals surface area contributed by atoms with Crippen molar-refractivity contribution in [2.75, 3.05) is 6.54 Å². The number of hydrogen-bond acceptors (Lipinski definition) is 3. The van der Waals surface area contributed by atoms with Gasteiger partial charge in [0, 0.05) is 0 Å². The van der Waals surface area contributed by atoms with Gasteiger partial charge in [-0.25, -0.2) is 0 Å². The summed E-state index contributed by atoms with van der Waals surface area (Å²) in [5, 5.41) is 19.5. The van der Waals surface area contributed by atoms with Gasteiger partial charge >= 0.3 is 0 Å². The molecule has 0 fully saturated rings. The molecular weight excluding hydrogens is 190 g/mol. The Bertz CT molecular complexity index is 325. The second-order valence-electron chi connectivity index (χ2n) is 3.42. The summed E-state index contributed by atoms with van der Waals surface area (Å²) in [6.45, 7) is 4.02. The van der Waals surface area contributed by atoms with Crippen LogP contribution in [0.15, 0.2) is 30.8 Å². The van der Waals surface area contributed by atoms with Crippen LogP contribution in [0.5, 0.6) is 0 Å². The predicted molar refractivity (Wildman–Crippen MR) is 61.2 cm³/mol. The number of aliphatic hydroxyl groups is 2. The van der Waals surface area contributed by atoms with Gasteiger partial charge in [-0.1, -0.05) is 36.9 Å². The molecule has 2 unspecified atom stereocenters. The zero-order chi connectivity index (χ0) is 11.3. The van der Waals surface area contributed by atoms with Gasteiger partial charge in [0.1, 0.15) is 6.10 Å². The average molecular weight is 207 g/mol. The van der Waals surface area contributed by atoms with E-state index < -0.39 is 12.2 Å². The van der Waals surface area contributed by atoms with Crippen LogP contribution in [0.2, 0.25) is 0 Å².